The molecule has 0 aliphatic carbocycles. The highest BCUT2D eigenvalue weighted by Gasteiger charge is 2.30. The van der Waals surface area contributed by atoms with Gasteiger partial charge in [0.15, 0.2) is 0 Å². The third-order valence-electron chi connectivity index (χ3n) is 3.07. The number of hydrogen-bond acceptors (Lipinski definition) is 5. The molecule has 2 rings (SSSR count). The first kappa shape index (κ1) is 18.5. The summed E-state index contributed by atoms with van der Waals surface area (Å²) < 4.78 is 0.476. The fourth-order valence-electron chi connectivity index (χ4n) is 2.11. The lowest BCUT2D eigenvalue weighted by molar-refractivity contribution is 0.0695. The second-order valence-electron chi connectivity index (χ2n) is 4.48. The molecule has 0 aliphatic rings. The van der Waals surface area contributed by atoms with E-state index in [-0.39, 0.29) is 24.7 Å². The minimum absolute atomic E-state index is 0.0150. The lowest BCUT2D eigenvalue weighted by Crippen LogP contribution is -2.24. The van der Waals surface area contributed by atoms with Gasteiger partial charge in [-0.15, -0.1) is 0 Å². The predicted molar refractivity (Wildman–Crippen MR) is 95.6 cm³/mol. The van der Waals surface area contributed by atoms with Gasteiger partial charge in [-0.3, -0.25) is 4.79 Å². The van der Waals surface area contributed by atoms with E-state index >= 15 is 0 Å². The Labute approximate surface area is 158 Å². The normalized spacial score (nSPS) is 10.6. The molecule has 0 aliphatic heterocycles. The summed E-state index contributed by atoms with van der Waals surface area (Å²) in [5, 5.41) is 28.8. The number of aromatic carboxylic acids is 2. The molecule has 0 atom stereocenters. The number of nitrogens with one attached hydrogen (secondary N) is 1. The zero-order valence-corrected chi connectivity index (χ0v) is 16.1. The fourth-order valence-corrected chi connectivity index (χ4v) is 4.62. The molecule has 0 saturated carbocycles. The zero-order chi connectivity index (χ0) is 18.3. The van der Waals surface area contributed by atoms with E-state index in [1.807, 2.05) is 4.98 Å². The maximum atomic E-state index is 12.0. The Morgan fingerprint density at radius 1 is 1.00 bits per heavy atom. The zero-order valence-electron chi connectivity index (χ0n) is 11.4. The molecule has 11 heteroatoms. The first-order valence-electron chi connectivity index (χ1n) is 5.97. The molecule has 0 spiro atoms. The molecule has 0 unspecified atom stereocenters. The summed E-state index contributed by atoms with van der Waals surface area (Å²) in [7, 11) is 0. The van der Waals surface area contributed by atoms with Crippen LogP contribution in [-0.2, 0) is 0 Å². The van der Waals surface area contributed by atoms with Gasteiger partial charge in [0, 0.05) is 15.6 Å². The van der Waals surface area contributed by atoms with Gasteiger partial charge in [-0.2, -0.15) is 0 Å². The molecular weight excluding hydrogens is 520 g/mol. The second-order valence-corrected chi connectivity index (χ2v) is 6.98. The van der Waals surface area contributed by atoms with Crippen molar-refractivity contribution in [3.63, 3.8) is 0 Å². The predicted octanol–water partition coefficient (Wildman–Crippen LogP) is 3.01. The molecule has 126 valence electrons. The number of halogens is 3. The van der Waals surface area contributed by atoms with Crippen LogP contribution in [0.4, 0.5) is 5.82 Å². The third-order valence-corrected chi connectivity index (χ3v) is 5.07. The van der Waals surface area contributed by atoms with Crippen LogP contribution in [0.1, 0.15) is 20.7 Å². The van der Waals surface area contributed by atoms with Gasteiger partial charge in [0.25, 0.3) is 5.56 Å². The van der Waals surface area contributed by atoms with E-state index in [0.717, 1.165) is 0 Å². The van der Waals surface area contributed by atoms with Crippen LogP contribution in [0.3, 0.4) is 0 Å². The fraction of sp³-hybridized carbons (Fsp3) is 0. The topological polar surface area (TPSA) is 154 Å². The van der Waals surface area contributed by atoms with Crippen LogP contribution < -0.4 is 11.3 Å². The summed E-state index contributed by atoms with van der Waals surface area (Å²) in [6.45, 7) is 0. The monoisotopic (exact) mass is 524 g/mol. The first-order valence-corrected chi connectivity index (χ1v) is 8.35. The van der Waals surface area contributed by atoms with Gasteiger partial charge in [-0.25, -0.2) is 9.59 Å². The van der Waals surface area contributed by atoms with E-state index in [1.54, 1.807) is 0 Å². The SMILES string of the molecule is Nc1[nH]c(=O)c(C(=O)O)c(-c2c(Br)cc(Br)c(O)c2Br)c1C(=O)O. The van der Waals surface area contributed by atoms with E-state index in [0.29, 0.717) is 0 Å². The standard InChI is InChI=1S/C13H7Br3N2O6/c14-2-1-3(15)9(19)8(16)4(2)5-6(12(21)22)10(17)18-11(20)7(5)13(23)24/h1,19H,(H,21,22)(H,23,24)(H3,17,18,20). The van der Waals surface area contributed by atoms with Crippen LogP contribution in [0.15, 0.2) is 24.3 Å². The number of aromatic nitrogens is 1. The number of benzene rings is 1. The quantitative estimate of drug-likeness (QED) is 0.412. The van der Waals surface area contributed by atoms with Crippen molar-refractivity contribution in [2.45, 2.75) is 0 Å². The van der Waals surface area contributed by atoms with Gasteiger partial charge < -0.3 is 26.0 Å². The van der Waals surface area contributed by atoms with Crippen LogP contribution in [0.2, 0.25) is 0 Å². The van der Waals surface area contributed by atoms with Gasteiger partial charge >= 0.3 is 11.9 Å². The van der Waals surface area contributed by atoms with Gasteiger partial charge in [-0.1, -0.05) is 15.9 Å². The lowest BCUT2D eigenvalue weighted by atomic mass is 9.95. The molecule has 8 nitrogen and oxygen atoms in total. The number of carboxylic acid groups (broad SMARTS) is 2. The highest BCUT2D eigenvalue weighted by atomic mass is 79.9. The van der Waals surface area contributed by atoms with Crippen molar-refractivity contribution in [2.75, 3.05) is 5.73 Å². The summed E-state index contributed by atoms with van der Waals surface area (Å²) in [5.41, 5.74) is 2.61. The van der Waals surface area contributed by atoms with E-state index < -0.39 is 40.0 Å². The molecule has 0 radical (unpaired) electrons. The Morgan fingerprint density at radius 2 is 1.54 bits per heavy atom. The Kier molecular flexibility index (Phi) is 5.06. The summed E-state index contributed by atoms with van der Waals surface area (Å²) >= 11 is 9.35. The largest absolute Gasteiger partial charge is 0.506 e. The number of phenols is 1. The third kappa shape index (κ3) is 2.94. The van der Waals surface area contributed by atoms with Crippen molar-refractivity contribution < 1.29 is 24.9 Å². The van der Waals surface area contributed by atoms with Crippen LogP contribution in [-0.4, -0.2) is 32.2 Å². The molecule has 0 fully saturated rings. The summed E-state index contributed by atoms with van der Waals surface area (Å²) in [6, 6.07) is 1.38. The average molecular weight is 527 g/mol. The lowest BCUT2D eigenvalue weighted by Gasteiger charge is -2.16. The highest BCUT2D eigenvalue weighted by Crippen LogP contribution is 2.46. The van der Waals surface area contributed by atoms with Crippen molar-refractivity contribution in [3.8, 4) is 16.9 Å². The number of hydrogen-bond donors (Lipinski definition) is 5. The average Bonchev–Trinajstić information content (AvgIpc) is 2.43. The second kappa shape index (κ2) is 6.57. The van der Waals surface area contributed by atoms with Gasteiger partial charge in [0.2, 0.25) is 0 Å². The van der Waals surface area contributed by atoms with Crippen LogP contribution in [0, 0.1) is 0 Å². The van der Waals surface area contributed by atoms with Crippen LogP contribution in [0.25, 0.3) is 11.1 Å². The van der Waals surface area contributed by atoms with Gasteiger partial charge in [-0.05, 0) is 37.9 Å². The number of rotatable bonds is 3. The number of aromatic hydroxyl groups is 1. The minimum Gasteiger partial charge on any atom is -0.506 e. The number of aromatic amines is 1. The highest BCUT2D eigenvalue weighted by molar-refractivity contribution is 9.11. The van der Waals surface area contributed by atoms with Gasteiger partial charge in [0.05, 0.1) is 8.95 Å². The molecule has 1 aromatic carbocycles. The Bertz CT molecular complexity index is 954. The number of carbonyl (C=O) groups is 2. The van der Waals surface area contributed by atoms with Crippen molar-refractivity contribution in [3.05, 3.63) is 41.0 Å². The molecule has 0 bridgehead atoms. The molecular formula is C13H7Br3N2O6. The molecule has 1 heterocycles. The van der Waals surface area contributed by atoms with Crippen molar-refractivity contribution in [1.29, 1.82) is 0 Å². The van der Waals surface area contributed by atoms with Crippen molar-refractivity contribution >= 4 is 65.5 Å². The molecule has 6 N–H and O–H groups in total. The first-order chi connectivity index (χ1) is 11.1. The number of phenolic OH excluding ortho intramolecular Hbond substituents is 1. The van der Waals surface area contributed by atoms with E-state index in [1.165, 1.54) is 6.07 Å². The number of pyridine rings is 1. The number of carboxylic acids is 2. The van der Waals surface area contributed by atoms with Crippen molar-refractivity contribution in [1.82, 2.24) is 4.98 Å². The van der Waals surface area contributed by atoms with Gasteiger partial charge in [0.1, 0.15) is 22.7 Å². The Balaban J connectivity index is 3.15. The van der Waals surface area contributed by atoms with E-state index in [9.17, 15) is 29.7 Å². The molecule has 1 aromatic heterocycles. The van der Waals surface area contributed by atoms with Crippen LogP contribution >= 0.6 is 47.8 Å². The maximum absolute atomic E-state index is 12.0. The molecule has 2 aromatic rings. The maximum Gasteiger partial charge on any atom is 0.342 e. The number of anilines is 1. The molecule has 0 saturated heterocycles. The molecule has 24 heavy (non-hydrogen) atoms. The summed E-state index contributed by atoms with van der Waals surface area (Å²) in [4.78, 5) is 37.1. The Hall–Kier alpha value is -1.85. The van der Waals surface area contributed by atoms with Crippen molar-refractivity contribution in [2.24, 2.45) is 0 Å². The number of H-pyrrole nitrogens is 1. The summed E-state index contributed by atoms with van der Waals surface area (Å²) in [5.74, 6) is -3.99. The van der Waals surface area contributed by atoms with E-state index in [4.69, 9.17) is 5.73 Å². The summed E-state index contributed by atoms with van der Waals surface area (Å²) in [6.07, 6.45) is 0. The minimum atomic E-state index is -1.64. The van der Waals surface area contributed by atoms with Crippen LogP contribution in [0.5, 0.6) is 5.75 Å². The van der Waals surface area contributed by atoms with E-state index in [2.05, 4.69) is 47.8 Å². The Morgan fingerprint density at radius 3 is 2.04 bits per heavy atom. The number of nitrogen functional groups attached to an aromatic ring is 1. The smallest absolute Gasteiger partial charge is 0.342 e. The number of nitrogens with two attached hydrogens (primary N) is 1. The molecule has 0 amide bonds.